The maximum absolute atomic E-state index is 12.7. The standard InChI is InChI=1S/C17H23N3O3/c1-2-9-22-13-17-5-3-10-23-15(17)4-8-20(12-17)16(21)14-11-18-6-7-19-14/h2,6-7,11,15H,1,3-5,8-10,12-13H2/t15-,17+/m0/s1. The van der Waals surface area contributed by atoms with Crippen LogP contribution in [0.25, 0.3) is 0 Å². The van der Waals surface area contributed by atoms with E-state index in [0.29, 0.717) is 32.0 Å². The fraction of sp³-hybridized carbons (Fsp3) is 0.588. The van der Waals surface area contributed by atoms with E-state index in [1.807, 2.05) is 4.90 Å². The molecule has 6 nitrogen and oxygen atoms in total. The Kier molecular flexibility index (Phi) is 5.03. The second-order valence-electron chi connectivity index (χ2n) is 6.24. The fourth-order valence-electron chi connectivity index (χ4n) is 3.59. The van der Waals surface area contributed by atoms with E-state index in [1.165, 1.54) is 6.20 Å². The van der Waals surface area contributed by atoms with Gasteiger partial charge in [-0.3, -0.25) is 9.78 Å². The van der Waals surface area contributed by atoms with Crippen LogP contribution in [-0.4, -0.2) is 59.8 Å². The van der Waals surface area contributed by atoms with Crippen LogP contribution in [0, 0.1) is 5.41 Å². The van der Waals surface area contributed by atoms with E-state index in [0.717, 1.165) is 25.9 Å². The summed E-state index contributed by atoms with van der Waals surface area (Å²) in [7, 11) is 0. The van der Waals surface area contributed by atoms with Crippen LogP contribution < -0.4 is 0 Å². The number of likely N-dealkylation sites (tertiary alicyclic amines) is 1. The highest BCUT2D eigenvalue weighted by molar-refractivity contribution is 5.92. The number of nitrogens with zero attached hydrogens (tertiary/aromatic N) is 3. The molecular formula is C17H23N3O3. The summed E-state index contributed by atoms with van der Waals surface area (Å²) in [5.74, 6) is -0.0646. The van der Waals surface area contributed by atoms with Crippen molar-refractivity contribution in [3.05, 3.63) is 36.9 Å². The number of hydrogen-bond donors (Lipinski definition) is 0. The lowest BCUT2D eigenvalue weighted by molar-refractivity contribution is -0.144. The molecule has 0 saturated carbocycles. The third kappa shape index (κ3) is 3.43. The molecule has 1 amide bonds. The molecule has 0 radical (unpaired) electrons. The molecule has 0 aliphatic carbocycles. The molecule has 3 rings (SSSR count). The normalized spacial score (nSPS) is 27.3. The van der Waals surface area contributed by atoms with Crippen molar-refractivity contribution in [1.82, 2.24) is 14.9 Å². The Balaban J connectivity index is 1.75. The molecule has 0 N–H and O–H groups in total. The molecule has 1 aromatic heterocycles. The van der Waals surface area contributed by atoms with Gasteiger partial charge >= 0.3 is 0 Å². The van der Waals surface area contributed by atoms with Crippen molar-refractivity contribution in [3.63, 3.8) is 0 Å². The Bertz CT molecular complexity index is 551. The lowest BCUT2D eigenvalue weighted by atomic mass is 9.73. The maximum Gasteiger partial charge on any atom is 0.274 e. The van der Waals surface area contributed by atoms with Crippen LogP contribution in [0.2, 0.25) is 0 Å². The van der Waals surface area contributed by atoms with Gasteiger partial charge in [0.05, 0.1) is 25.5 Å². The predicted molar refractivity (Wildman–Crippen MR) is 85.0 cm³/mol. The van der Waals surface area contributed by atoms with E-state index >= 15 is 0 Å². The molecule has 2 aliphatic rings. The first-order valence-corrected chi connectivity index (χ1v) is 8.11. The van der Waals surface area contributed by atoms with E-state index < -0.39 is 0 Å². The molecule has 6 heteroatoms. The molecule has 2 atom stereocenters. The topological polar surface area (TPSA) is 64.6 Å². The Morgan fingerprint density at radius 2 is 2.48 bits per heavy atom. The number of fused-ring (bicyclic) bond motifs is 1. The Hall–Kier alpha value is -1.79. The lowest BCUT2D eigenvalue weighted by Crippen LogP contribution is -2.58. The second-order valence-corrected chi connectivity index (χ2v) is 6.24. The molecule has 2 saturated heterocycles. The van der Waals surface area contributed by atoms with Gasteiger partial charge in [0.25, 0.3) is 5.91 Å². The quantitative estimate of drug-likeness (QED) is 0.611. The van der Waals surface area contributed by atoms with Crippen LogP contribution in [0.4, 0.5) is 0 Å². The summed E-state index contributed by atoms with van der Waals surface area (Å²) in [4.78, 5) is 22.7. The third-order valence-corrected chi connectivity index (χ3v) is 4.68. The van der Waals surface area contributed by atoms with Gasteiger partial charge in [-0.15, -0.1) is 6.58 Å². The van der Waals surface area contributed by atoms with Crippen molar-refractivity contribution in [2.45, 2.75) is 25.4 Å². The minimum atomic E-state index is -0.128. The highest BCUT2D eigenvalue weighted by atomic mass is 16.5. The molecule has 3 heterocycles. The van der Waals surface area contributed by atoms with Gasteiger partial charge in [-0.05, 0) is 19.3 Å². The number of aromatic nitrogens is 2. The van der Waals surface area contributed by atoms with Gasteiger partial charge < -0.3 is 14.4 Å². The van der Waals surface area contributed by atoms with Crippen molar-refractivity contribution in [3.8, 4) is 0 Å². The van der Waals surface area contributed by atoms with Gasteiger partial charge in [0, 0.05) is 37.5 Å². The van der Waals surface area contributed by atoms with Crippen LogP contribution in [0.1, 0.15) is 29.8 Å². The van der Waals surface area contributed by atoms with Gasteiger partial charge in [0.15, 0.2) is 0 Å². The third-order valence-electron chi connectivity index (χ3n) is 4.68. The highest BCUT2D eigenvalue weighted by Gasteiger charge is 2.47. The largest absolute Gasteiger partial charge is 0.377 e. The van der Waals surface area contributed by atoms with Gasteiger partial charge in [0.2, 0.25) is 0 Å². The predicted octanol–water partition coefficient (Wildman–Crippen LogP) is 1.69. The summed E-state index contributed by atoms with van der Waals surface area (Å²) in [5.41, 5.74) is 0.266. The zero-order valence-corrected chi connectivity index (χ0v) is 13.3. The van der Waals surface area contributed by atoms with Crippen molar-refractivity contribution in [2.75, 3.05) is 32.9 Å². The average Bonchev–Trinajstić information content (AvgIpc) is 2.61. The summed E-state index contributed by atoms with van der Waals surface area (Å²) >= 11 is 0. The zero-order valence-electron chi connectivity index (χ0n) is 13.3. The van der Waals surface area contributed by atoms with Gasteiger partial charge in [-0.25, -0.2) is 4.98 Å². The van der Waals surface area contributed by atoms with Crippen molar-refractivity contribution >= 4 is 5.91 Å². The average molecular weight is 317 g/mol. The van der Waals surface area contributed by atoms with Crippen LogP contribution in [0.15, 0.2) is 31.2 Å². The molecule has 0 aromatic carbocycles. The monoisotopic (exact) mass is 317 g/mol. The molecule has 0 unspecified atom stereocenters. The minimum absolute atomic E-state index is 0.0646. The molecule has 124 valence electrons. The number of amides is 1. The number of carbonyl (C=O) groups excluding carboxylic acids is 1. The van der Waals surface area contributed by atoms with Crippen LogP contribution in [-0.2, 0) is 9.47 Å². The van der Waals surface area contributed by atoms with Crippen molar-refractivity contribution < 1.29 is 14.3 Å². The molecule has 2 fully saturated rings. The van der Waals surface area contributed by atoms with E-state index in [1.54, 1.807) is 18.5 Å². The summed E-state index contributed by atoms with van der Waals surface area (Å²) < 4.78 is 11.7. The number of hydrogen-bond acceptors (Lipinski definition) is 5. The summed E-state index contributed by atoms with van der Waals surface area (Å²) in [6.45, 7) is 6.93. The van der Waals surface area contributed by atoms with E-state index in [4.69, 9.17) is 9.47 Å². The first kappa shape index (κ1) is 16.1. The Morgan fingerprint density at radius 3 is 3.26 bits per heavy atom. The summed E-state index contributed by atoms with van der Waals surface area (Å²) in [5, 5.41) is 0. The Morgan fingerprint density at radius 1 is 1.57 bits per heavy atom. The molecule has 0 spiro atoms. The summed E-state index contributed by atoms with van der Waals surface area (Å²) in [6, 6.07) is 0. The van der Waals surface area contributed by atoms with Crippen LogP contribution in [0.3, 0.4) is 0 Å². The minimum Gasteiger partial charge on any atom is -0.377 e. The second kappa shape index (κ2) is 7.19. The maximum atomic E-state index is 12.7. The SMILES string of the molecule is C=CCOC[C@]12CCCO[C@H]1CCN(C(=O)c1cnccn1)C2. The van der Waals surface area contributed by atoms with E-state index in [-0.39, 0.29) is 17.4 Å². The smallest absolute Gasteiger partial charge is 0.274 e. The highest BCUT2D eigenvalue weighted by Crippen LogP contribution is 2.40. The molecule has 0 bridgehead atoms. The number of ether oxygens (including phenoxy) is 2. The molecule has 1 aromatic rings. The Labute approximate surface area is 136 Å². The first-order chi connectivity index (χ1) is 11.2. The van der Waals surface area contributed by atoms with Gasteiger partial charge in [-0.2, -0.15) is 0 Å². The summed E-state index contributed by atoms with van der Waals surface area (Å²) in [6.07, 6.45) is 9.40. The van der Waals surface area contributed by atoms with Crippen molar-refractivity contribution in [2.24, 2.45) is 5.41 Å². The molecule has 2 aliphatic heterocycles. The number of piperidine rings is 1. The zero-order chi connectivity index (χ0) is 16.1. The van der Waals surface area contributed by atoms with Gasteiger partial charge in [0.1, 0.15) is 5.69 Å². The molecular weight excluding hydrogens is 294 g/mol. The van der Waals surface area contributed by atoms with E-state index in [2.05, 4.69) is 16.5 Å². The van der Waals surface area contributed by atoms with Crippen LogP contribution >= 0.6 is 0 Å². The molecule has 23 heavy (non-hydrogen) atoms. The first-order valence-electron chi connectivity index (χ1n) is 8.11. The van der Waals surface area contributed by atoms with E-state index in [9.17, 15) is 4.79 Å². The van der Waals surface area contributed by atoms with Gasteiger partial charge in [-0.1, -0.05) is 6.08 Å². The number of carbonyl (C=O) groups is 1. The van der Waals surface area contributed by atoms with Crippen molar-refractivity contribution in [1.29, 1.82) is 0 Å². The number of rotatable bonds is 5. The van der Waals surface area contributed by atoms with Crippen LogP contribution in [0.5, 0.6) is 0 Å². The fourth-order valence-corrected chi connectivity index (χ4v) is 3.59. The lowest BCUT2D eigenvalue weighted by Gasteiger charge is -2.50.